The molecule has 1 aliphatic rings. The minimum absolute atomic E-state index is 0.166. The number of carbonyl (C=O) groups excluding carboxylic acids is 1. The highest BCUT2D eigenvalue weighted by Crippen LogP contribution is 2.45. The lowest BCUT2D eigenvalue weighted by Gasteiger charge is -2.29. The Kier molecular flexibility index (Phi) is 4.62. The Labute approximate surface area is 101 Å². The third kappa shape index (κ3) is 4.32. The molecule has 1 aliphatic carbocycles. The zero-order chi connectivity index (χ0) is 13.1. The van der Waals surface area contributed by atoms with Crippen molar-refractivity contribution >= 4 is 5.78 Å². The second-order valence-corrected chi connectivity index (χ2v) is 5.62. The molecule has 100 valence electrons. The van der Waals surface area contributed by atoms with Crippen LogP contribution in [0.3, 0.4) is 0 Å². The summed E-state index contributed by atoms with van der Waals surface area (Å²) in [7, 11) is 0. The van der Waals surface area contributed by atoms with Crippen molar-refractivity contribution in [1.29, 1.82) is 0 Å². The zero-order valence-electron chi connectivity index (χ0n) is 10.6. The first-order valence-corrected chi connectivity index (χ1v) is 6.35. The van der Waals surface area contributed by atoms with Gasteiger partial charge in [0.05, 0.1) is 6.42 Å². The van der Waals surface area contributed by atoms with E-state index in [1.165, 1.54) is 0 Å². The number of carbonyl (C=O) groups is 1. The van der Waals surface area contributed by atoms with Gasteiger partial charge in [0.15, 0.2) is 0 Å². The molecule has 1 fully saturated rings. The van der Waals surface area contributed by atoms with Crippen molar-refractivity contribution < 1.29 is 18.0 Å². The summed E-state index contributed by atoms with van der Waals surface area (Å²) < 4.78 is 36.4. The summed E-state index contributed by atoms with van der Waals surface area (Å²) in [6, 6.07) is 0. The Morgan fingerprint density at radius 3 is 2.18 bits per heavy atom. The Hall–Kier alpha value is -0.540. The summed E-state index contributed by atoms with van der Waals surface area (Å²) >= 11 is 0. The Morgan fingerprint density at radius 2 is 1.76 bits per heavy atom. The molecule has 1 saturated carbocycles. The van der Waals surface area contributed by atoms with Gasteiger partial charge >= 0.3 is 6.18 Å². The minimum Gasteiger partial charge on any atom is -0.299 e. The number of ketones is 1. The fourth-order valence-electron chi connectivity index (χ4n) is 2.95. The molecule has 0 radical (unpaired) electrons. The molecule has 0 aromatic heterocycles. The number of alkyl halides is 3. The molecule has 17 heavy (non-hydrogen) atoms. The van der Waals surface area contributed by atoms with Crippen LogP contribution in [0.15, 0.2) is 0 Å². The summed E-state index contributed by atoms with van der Waals surface area (Å²) in [4.78, 5) is 12.0. The van der Waals surface area contributed by atoms with Gasteiger partial charge in [-0.3, -0.25) is 4.79 Å². The molecule has 1 nitrogen and oxygen atoms in total. The summed E-state index contributed by atoms with van der Waals surface area (Å²) in [6.45, 7) is 4.05. The van der Waals surface area contributed by atoms with Crippen LogP contribution in [0, 0.1) is 11.3 Å². The van der Waals surface area contributed by atoms with Crippen LogP contribution in [0.4, 0.5) is 13.2 Å². The molecule has 0 bridgehead atoms. The largest absolute Gasteiger partial charge is 0.389 e. The number of rotatable bonds is 5. The molecule has 1 rings (SSSR count). The van der Waals surface area contributed by atoms with Crippen molar-refractivity contribution in [2.75, 3.05) is 0 Å². The molecule has 0 atom stereocenters. The lowest BCUT2D eigenvalue weighted by molar-refractivity contribution is -0.148. The first kappa shape index (κ1) is 14.5. The molecule has 0 spiro atoms. The van der Waals surface area contributed by atoms with Crippen LogP contribution in [-0.2, 0) is 4.79 Å². The van der Waals surface area contributed by atoms with Crippen LogP contribution in [-0.4, -0.2) is 12.0 Å². The van der Waals surface area contributed by atoms with Crippen molar-refractivity contribution in [3.8, 4) is 0 Å². The van der Waals surface area contributed by atoms with E-state index in [1.54, 1.807) is 0 Å². The van der Waals surface area contributed by atoms with Gasteiger partial charge in [0.2, 0.25) is 0 Å². The molecular formula is C13H21F3O. The maximum Gasteiger partial charge on any atom is 0.389 e. The highest BCUT2D eigenvalue weighted by atomic mass is 19.4. The third-order valence-corrected chi connectivity index (χ3v) is 3.59. The highest BCUT2D eigenvalue weighted by Gasteiger charge is 2.42. The van der Waals surface area contributed by atoms with Crippen molar-refractivity contribution in [1.82, 2.24) is 0 Å². The topological polar surface area (TPSA) is 17.1 Å². The first-order chi connectivity index (χ1) is 7.75. The van der Waals surface area contributed by atoms with Gasteiger partial charge in [0.25, 0.3) is 0 Å². The smallest absolute Gasteiger partial charge is 0.299 e. The van der Waals surface area contributed by atoms with Crippen molar-refractivity contribution in [3.05, 3.63) is 0 Å². The van der Waals surface area contributed by atoms with Crippen molar-refractivity contribution in [2.24, 2.45) is 11.3 Å². The predicted octanol–water partition coefficient (Wildman–Crippen LogP) is 4.50. The van der Waals surface area contributed by atoms with Crippen LogP contribution in [0.25, 0.3) is 0 Å². The Bertz CT molecular complexity index is 262. The second kappa shape index (κ2) is 5.40. The van der Waals surface area contributed by atoms with E-state index in [0.717, 1.165) is 32.1 Å². The standard InChI is InChI=1S/C13H21F3O/c1-10(2)9-12(6-3-4-7-12)11(17)5-8-13(14,15)16/h10H,3-9H2,1-2H3. The maximum absolute atomic E-state index is 12.1. The number of hydrogen-bond donors (Lipinski definition) is 0. The SMILES string of the molecule is CC(C)CC1(C(=O)CCC(F)(F)F)CCCC1. The molecule has 0 heterocycles. The monoisotopic (exact) mass is 250 g/mol. The molecule has 0 saturated heterocycles. The van der Waals surface area contributed by atoms with E-state index in [9.17, 15) is 18.0 Å². The molecule has 4 heteroatoms. The molecule has 0 unspecified atom stereocenters. The van der Waals surface area contributed by atoms with E-state index in [0.29, 0.717) is 5.92 Å². The molecule has 0 aromatic carbocycles. The zero-order valence-corrected chi connectivity index (χ0v) is 10.6. The van der Waals surface area contributed by atoms with E-state index >= 15 is 0 Å². The molecule has 0 N–H and O–H groups in total. The molecule has 0 amide bonds. The quantitative estimate of drug-likeness (QED) is 0.702. The average molecular weight is 250 g/mol. The van der Waals surface area contributed by atoms with E-state index in [4.69, 9.17) is 0 Å². The minimum atomic E-state index is -4.21. The summed E-state index contributed by atoms with van der Waals surface area (Å²) in [5.74, 6) is 0.198. The first-order valence-electron chi connectivity index (χ1n) is 6.35. The lowest BCUT2D eigenvalue weighted by Crippen LogP contribution is -2.30. The van der Waals surface area contributed by atoms with Gasteiger partial charge in [-0.05, 0) is 25.2 Å². The van der Waals surface area contributed by atoms with Crippen molar-refractivity contribution in [2.45, 2.75) is 65.0 Å². The maximum atomic E-state index is 12.1. The lowest BCUT2D eigenvalue weighted by atomic mass is 9.74. The molecular weight excluding hydrogens is 229 g/mol. The van der Waals surface area contributed by atoms with Gasteiger partial charge in [0, 0.05) is 11.8 Å². The van der Waals surface area contributed by atoms with E-state index in [-0.39, 0.29) is 12.2 Å². The number of Topliss-reactive ketones (excluding diaryl/α,β-unsaturated/α-hetero) is 1. The van der Waals surface area contributed by atoms with E-state index in [2.05, 4.69) is 0 Å². The number of hydrogen-bond acceptors (Lipinski definition) is 1. The van der Waals surface area contributed by atoms with Crippen LogP contribution in [0.2, 0.25) is 0 Å². The Morgan fingerprint density at radius 1 is 1.24 bits per heavy atom. The van der Waals surface area contributed by atoms with Crippen LogP contribution >= 0.6 is 0 Å². The summed E-state index contributed by atoms with van der Waals surface area (Å²) in [5.41, 5.74) is -0.445. The second-order valence-electron chi connectivity index (χ2n) is 5.62. The summed E-state index contributed by atoms with van der Waals surface area (Å²) in [6.07, 6.45) is -1.27. The van der Waals surface area contributed by atoms with Gasteiger partial charge in [0.1, 0.15) is 5.78 Å². The van der Waals surface area contributed by atoms with Gasteiger partial charge in [-0.25, -0.2) is 0 Å². The van der Waals surface area contributed by atoms with Crippen LogP contribution < -0.4 is 0 Å². The summed E-state index contributed by atoms with van der Waals surface area (Å²) in [5, 5.41) is 0. The number of halogens is 3. The van der Waals surface area contributed by atoms with E-state index < -0.39 is 18.0 Å². The fourth-order valence-corrected chi connectivity index (χ4v) is 2.95. The fraction of sp³-hybridized carbons (Fsp3) is 0.923. The van der Waals surface area contributed by atoms with Crippen LogP contribution in [0.5, 0.6) is 0 Å². The van der Waals surface area contributed by atoms with Gasteiger partial charge in [-0.2, -0.15) is 13.2 Å². The van der Waals surface area contributed by atoms with Crippen molar-refractivity contribution in [3.63, 3.8) is 0 Å². The Balaban J connectivity index is 2.61. The average Bonchev–Trinajstić information content (AvgIpc) is 2.61. The molecule has 0 aliphatic heterocycles. The normalized spacial score (nSPS) is 19.9. The van der Waals surface area contributed by atoms with Gasteiger partial charge in [-0.15, -0.1) is 0 Å². The predicted molar refractivity (Wildman–Crippen MR) is 60.7 cm³/mol. The van der Waals surface area contributed by atoms with Gasteiger partial charge in [-0.1, -0.05) is 26.7 Å². The van der Waals surface area contributed by atoms with E-state index in [1.807, 2.05) is 13.8 Å². The third-order valence-electron chi connectivity index (χ3n) is 3.59. The highest BCUT2D eigenvalue weighted by molar-refractivity contribution is 5.85. The van der Waals surface area contributed by atoms with Gasteiger partial charge < -0.3 is 0 Å². The van der Waals surface area contributed by atoms with Crippen LogP contribution in [0.1, 0.15) is 58.8 Å². The molecule has 0 aromatic rings.